The first kappa shape index (κ1) is 17.0. The van der Waals surface area contributed by atoms with E-state index in [1.54, 1.807) is 43.5 Å². The first-order valence-electron chi connectivity index (χ1n) is 8.41. The summed E-state index contributed by atoms with van der Waals surface area (Å²) < 4.78 is 5.09. The number of ether oxygens (including phenoxy) is 1. The van der Waals surface area contributed by atoms with Crippen LogP contribution in [0.4, 0.5) is 5.69 Å². The van der Waals surface area contributed by atoms with Gasteiger partial charge in [-0.1, -0.05) is 0 Å². The number of piperidine rings is 1. The van der Waals surface area contributed by atoms with Crippen LogP contribution in [0.25, 0.3) is 0 Å². The number of carboxylic acid groups (broad SMARTS) is 1. The summed E-state index contributed by atoms with van der Waals surface area (Å²) in [6.45, 7) is 1.84. The van der Waals surface area contributed by atoms with Crippen molar-refractivity contribution >= 4 is 17.4 Å². The zero-order valence-corrected chi connectivity index (χ0v) is 14.2. The van der Waals surface area contributed by atoms with Crippen molar-refractivity contribution < 1.29 is 19.4 Å². The van der Waals surface area contributed by atoms with Gasteiger partial charge < -0.3 is 14.7 Å². The largest absolute Gasteiger partial charge is 0.497 e. The minimum atomic E-state index is -1.09. The Bertz CT molecular complexity index is 777. The second-order valence-corrected chi connectivity index (χ2v) is 6.14. The maximum Gasteiger partial charge on any atom is 0.336 e. The summed E-state index contributed by atoms with van der Waals surface area (Å²) in [6, 6.07) is 11.8. The molecule has 1 aliphatic heterocycles. The van der Waals surface area contributed by atoms with Gasteiger partial charge in [0.05, 0.1) is 12.7 Å². The van der Waals surface area contributed by atoms with Gasteiger partial charge in [-0.15, -0.1) is 0 Å². The molecule has 0 saturated carbocycles. The number of nitrogens with zero attached hydrogens (tertiary/aromatic N) is 1. The summed E-state index contributed by atoms with van der Waals surface area (Å²) in [6.07, 6.45) is 3.42. The lowest BCUT2D eigenvalue weighted by molar-refractivity contribution is 0.0693. The van der Waals surface area contributed by atoms with E-state index in [0.717, 1.165) is 31.6 Å². The van der Waals surface area contributed by atoms with E-state index in [1.165, 1.54) is 6.42 Å². The number of anilines is 1. The molecule has 0 amide bonds. The van der Waals surface area contributed by atoms with Crippen LogP contribution in [0.15, 0.2) is 42.5 Å². The standard InChI is InChI=1S/C20H21NO4/c1-25-16-8-5-14(6-9-16)19(22)17-10-7-15(13-18(17)20(23)24)21-11-3-2-4-12-21/h5-10,13H,2-4,11-12H2,1H3,(H,23,24). The highest BCUT2D eigenvalue weighted by molar-refractivity contribution is 6.14. The Labute approximate surface area is 146 Å². The first-order chi connectivity index (χ1) is 12.1. The molecule has 5 nitrogen and oxygen atoms in total. The molecule has 5 heteroatoms. The number of ketones is 1. The van der Waals surface area contributed by atoms with E-state index >= 15 is 0 Å². The molecule has 0 aliphatic carbocycles. The fourth-order valence-electron chi connectivity index (χ4n) is 3.15. The number of rotatable bonds is 5. The maximum atomic E-state index is 12.7. The molecule has 3 rings (SSSR count). The fourth-order valence-corrected chi connectivity index (χ4v) is 3.15. The van der Waals surface area contributed by atoms with Crippen LogP contribution in [0.3, 0.4) is 0 Å². The van der Waals surface area contributed by atoms with E-state index < -0.39 is 5.97 Å². The van der Waals surface area contributed by atoms with Gasteiger partial charge in [0, 0.05) is 29.9 Å². The molecular weight excluding hydrogens is 318 g/mol. The van der Waals surface area contributed by atoms with Crippen LogP contribution in [0.1, 0.15) is 45.5 Å². The van der Waals surface area contributed by atoms with Gasteiger partial charge in [-0.2, -0.15) is 0 Å². The van der Waals surface area contributed by atoms with Crippen molar-refractivity contribution in [2.75, 3.05) is 25.1 Å². The lowest BCUT2D eigenvalue weighted by Gasteiger charge is -2.29. The van der Waals surface area contributed by atoms with Crippen LogP contribution < -0.4 is 9.64 Å². The topological polar surface area (TPSA) is 66.8 Å². The molecule has 25 heavy (non-hydrogen) atoms. The summed E-state index contributed by atoms with van der Waals surface area (Å²) in [7, 11) is 1.55. The monoisotopic (exact) mass is 339 g/mol. The van der Waals surface area contributed by atoms with Crippen molar-refractivity contribution in [1.82, 2.24) is 0 Å². The number of carboxylic acids is 1. The van der Waals surface area contributed by atoms with Gasteiger partial charge in [0.25, 0.3) is 0 Å². The molecule has 0 spiro atoms. The van der Waals surface area contributed by atoms with Crippen molar-refractivity contribution in [3.05, 3.63) is 59.2 Å². The normalized spacial score (nSPS) is 14.2. The second kappa shape index (κ2) is 7.38. The predicted molar refractivity (Wildman–Crippen MR) is 95.9 cm³/mol. The van der Waals surface area contributed by atoms with Crippen LogP contribution in [-0.2, 0) is 0 Å². The molecule has 1 aliphatic rings. The van der Waals surface area contributed by atoms with Crippen LogP contribution in [-0.4, -0.2) is 37.1 Å². The number of carbonyl (C=O) groups is 2. The Morgan fingerprint density at radius 2 is 1.64 bits per heavy atom. The van der Waals surface area contributed by atoms with E-state index in [0.29, 0.717) is 11.3 Å². The average molecular weight is 339 g/mol. The van der Waals surface area contributed by atoms with Crippen molar-refractivity contribution in [2.45, 2.75) is 19.3 Å². The lowest BCUT2D eigenvalue weighted by atomic mass is 9.97. The molecule has 0 bridgehead atoms. The summed E-state index contributed by atoms with van der Waals surface area (Å²) in [5.41, 5.74) is 1.56. The molecule has 0 radical (unpaired) electrons. The Hall–Kier alpha value is -2.82. The number of hydrogen-bond donors (Lipinski definition) is 1. The van der Waals surface area contributed by atoms with Gasteiger partial charge in [-0.05, 0) is 61.7 Å². The van der Waals surface area contributed by atoms with Crippen molar-refractivity contribution in [3.63, 3.8) is 0 Å². The Morgan fingerprint density at radius 3 is 2.24 bits per heavy atom. The van der Waals surface area contributed by atoms with Crippen LogP contribution in [0.5, 0.6) is 5.75 Å². The van der Waals surface area contributed by atoms with Crippen LogP contribution in [0, 0.1) is 0 Å². The van der Waals surface area contributed by atoms with Crippen molar-refractivity contribution in [2.24, 2.45) is 0 Å². The number of methoxy groups -OCH3 is 1. The van der Waals surface area contributed by atoms with E-state index in [2.05, 4.69) is 4.90 Å². The summed E-state index contributed by atoms with van der Waals surface area (Å²) in [5, 5.41) is 9.58. The molecule has 1 heterocycles. The molecular formula is C20H21NO4. The van der Waals surface area contributed by atoms with E-state index in [4.69, 9.17) is 4.74 Å². The maximum absolute atomic E-state index is 12.7. The van der Waals surface area contributed by atoms with Gasteiger partial charge in [0.15, 0.2) is 5.78 Å². The molecule has 0 aromatic heterocycles. The SMILES string of the molecule is COc1ccc(C(=O)c2ccc(N3CCCCC3)cc2C(=O)O)cc1. The van der Waals surface area contributed by atoms with Crippen molar-refractivity contribution in [1.29, 1.82) is 0 Å². The summed E-state index contributed by atoms with van der Waals surface area (Å²) in [4.78, 5) is 26.6. The van der Waals surface area contributed by atoms with Gasteiger partial charge in [0.2, 0.25) is 0 Å². The quantitative estimate of drug-likeness (QED) is 0.843. The molecule has 1 fully saturated rings. The molecule has 0 unspecified atom stereocenters. The Balaban J connectivity index is 1.94. The Kier molecular flexibility index (Phi) is 5.03. The molecule has 2 aromatic carbocycles. The molecule has 130 valence electrons. The Morgan fingerprint density at radius 1 is 0.960 bits per heavy atom. The van der Waals surface area contributed by atoms with Gasteiger partial charge in [0.1, 0.15) is 5.75 Å². The van der Waals surface area contributed by atoms with Crippen LogP contribution >= 0.6 is 0 Å². The smallest absolute Gasteiger partial charge is 0.336 e. The average Bonchev–Trinajstić information content (AvgIpc) is 2.67. The minimum absolute atomic E-state index is 0.0453. The van der Waals surface area contributed by atoms with Gasteiger partial charge in [-0.25, -0.2) is 4.79 Å². The fraction of sp³-hybridized carbons (Fsp3) is 0.300. The highest BCUT2D eigenvalue weighted by Gasteiger charge is 2.20. The van der Waals surface area contributed by atoms with Crippen LogP contribution in [0.2, 0.25) is 0 Å². The second-order valence-electron chi connectivity index (χ2n) is 6.14. The first-order valence-corrected chi connectivity index (χ1v) is 8.41. The zero-order chi connectivity index (χ0) is 17.8. The van der Waals surface area contributed by atoms with Gasteiger partial charge >= 0.3 is 5.97 Å². The molecule has 1 N–H and O–H groups in total. The number of aromatic carboxylic acids is 1. The van der Waals surface area contributed by atoms with Crippen molar-refractivity contribution in [3.8, 4) is 5.75 Å². The lowest BCUT2D eigenvalue weighted by Crippen LogP contribution is -2.29. The molecule has 0 atom stereocenters. The summed E-state index contributed by atoms with van der Waals surface area (Å²) >= 11 is 0. The minimum Gasteiger partial charge on any atom is -0.497 e. The third-order valence-corrected chi connectivity index (χ3v) is 4.55. The third kappa shape index (κ3) is 3.65. The van der Waals surface area contributed by atoms with E-state index in [1.807, 2.05) is 6.07 Å². The highest BCUT2D eigenvalue weighted by Crippen LogP contribution is 2.25. The number of carbonyl (C=O) groups excluding carboxylic acids is 1. The molecule has 2 aromatic rings. The zero-order valence-electron chi connectivity index (χ0n) is 14.2. The van der Waals surface area contributed by atoms with E-state index in [9.17, 15) is 14.7 Å². The predicted octanol–water partition coefficient (Wildman–Crippen LogP) is 3.61. The number of hydrogen-bond acceptors (Lipinski definition) is 4. The summed E-state index contributed by atoms with van der Waals surface area (Å²) in [5.74, 6) is -0.739. The molecule has 1 saturated heterocycles. The van der Waals surface area contributed by atoms with E-state index in [-0.39, 0.29) is 16.9 Å². The van der Waals surface area contributed by atoms with Gasteiger partial charge in [-0.3, -0.25) is 4.79 Å². The number of benzene rings is 2. The third-order valence-electron chi connectivity index (χ3n) is 4.55. The highest BCUT2D eigenvalue weighted by atomic mass is 16.5.